The average molecular weight is 419 g/mol. The monoisotopic (exact) mass is 418 g/mol. The quantitative estimate of drug-likeness (QED) is 0.775. The summed E-state index contributed by atoms with van der Waals surface area (Å²) in [5.74, 6) is 1.77. The summed E-state index contributed by atoms with van der Waals surface area (Å²) >= 11 is 0. The summed E-state index contributed by atoms with van der Waals surface area (Å²) in [5.41, 5.74) is 3.07. The van der Waals surface area contributed by atoms with Crippen LogP contribution < -0.4 is 15.7 Å². The number of halogens is 1. The van der Waals surface area contributed by atoms with Crippen molar-refractivity contribution >= 4 is 29.3 Å². The maximum Gasteiger partial charge on any atom is 0.339 e. The first kappa shape index (κ1) is 20.2. The number of carbonyl (C=O) groups excluding carboxylic acids is 1. The molecular formula is C22H27ClN2O4. The van der Waals surface area contributed by atoms with Gasteiger partial charge in [-0.25, -0.2) is 4.79 Å². The Morgan fingerprint density at radius 3 is 2.62 bits per heavy atom. The first-order valence-corrected chi connectivity index (χ1v) is 10.3. The van der Waals surface area contributed by atoms with E-state index in [1.165, 1.54) is 0 Å². The van der Waals surface area contributed by atoms with Crippen LogP contribution in [0.2, 0.25) is 0 Å². The van der Waals surface area contributed by atoms with Crippen LogP contribution in [-0.4, -0.2) is 43.1 Å². The second kappa shape index (κ2) is 7.65. The second-order valence-electron chi connectivity index (χ2n) is 8.45. The van der Waals surface area contributed by atoms with E-state index in [1.807, 2.05) is 24.0 Å². The van der Waals surface area contributed by atoms with Crippen molar-refractivity contribution in [1.29, 1.82) is 0 Å². The average Bonchev–Trinajstić information content (AvgIpc) is 3.39. The number of fused-ring (bicyclic) bond motifs is 4. The Morgan fingerprint density at radius 1 is 1.21 bits per heavy atom. The van der Waals surface area contributed by atoms with Crippen LogP contribution in [0.4, 0.5) is 0 Å². The number of nitrogens with one attached hydrogen (secondary N) is 1. The topological polar surface area (TPSA) is 71.8 Å². The zero-order valence-corrected chi connectivity index (χ0v) is 17.6. The Kier molecular flexibility index (Phi) is 5.34. The molecule has 3 heterocycles. The molecule has 0 spiro atoms. The molecular weight excluding hydrogens is 392 g/mol. The van der Waals surface area contributed by atoms with Gasteiger partial charge in [-0.2, -0.15) is 0 Å². The summed E-state index contributed by atoms with van der Waals surface area (Å²) in [5, 5.41) is 4.39. The number of carbonyl (C=O) groups is 1. The standard InChI is InChI=1S/C22H26N2O4.ClH/c1-12-19(7-6-17-16-4-3-5-18(16)22(26)28-20(12)17)27-13(2)21(25)24-10-14-8-23-9-15(14)11-24;/h6-7,13-15,23H,3-5,8-11H2,1-2H3;1H/t13?,14-,15+;. The van der Waals surface area contributed by atoms with Crippen LogP contribution >= 0.6 is 12.4 Å². The summed E-state index contributed by atoms with van der Waals surface area (Å²) in [6.07, 6.45) is 2.14. The van der Waals surface area contributed by atoms with Gasteiger partial charge in [0.2, 0.25) is 0 Å². The van der Waals surface area contributed by atoms with Crippen LogP contribution in [0.5, 0.6) is 5.75 Å². The van der Waals surface area contributed by atoms with E-state index in [0.29, 0.717) is 23.2 Å². The largest absolute Gasteiger partial charge is 0.480 e. The van der Waals surface area contributed by atoms with Crippen LogP contribution in [0.25, 0.3) is 11.0 Å². The van der Waals surface area contributed by atoms with Gasteiger partial charge in [0.1, 0.15) is 11.3 Å². The minimum atomic E-state index is -0.566. The van der Waals surface area contributed by atoms with E-state index >= 15 is 0 Å². The molecule has 5 rings (SSSR count). The van der Waals surface area contributed by atoms with Crippen molar-refractivity contribution in [3.05, 3.63) is 39.2 Å². The molecule has 1 N–H and O–H groups in total. The minimum absolute atomic E-state index is 0. The fourth-order valence-corrected chi connectivity index (χ4v) is 5.12. The third-order valence-corrected chi connectivity index (χ3v) is 6.69. The molecule has 0 radical (unpaired) electrons. The maximum atomic E-state index is 12.9. The number of nitrogens with zero attached hydrogens (tertiary/aromatic N) is 1. The van der Waals surface area contributed by atoms with Crippen LogP contribution in [0, 0.1) is 18.8 Å². The van der Waals surface area contributed by atoms with Crippen molar-refractivity contribution in [3.63, 3.8) is 0 Å². The van der Waals surface area contributed by atoms with E-state index in [0.717, 1.165) is 67.5 Å². The predicted octanol–water partition coefficient (Wildman–Crippen LogP) is 2.46. The molecule has 1 unspecified atom stereocenters. The number of benzene rings is 1. The maximum absolute atomic E-state index is 12.9. The lowest BCUT2D eigenvalue weighted by atomic mass is 10.0. The fraction of sp³-hybridized carbons (Fsp3) is 0.545. The van der Waals surface area contributed by atoms with Crippen LogP contribution in [0.3, 0.4) is 0 Å². The summed E-state index contributed by atoms with van der Waals surface area (Å²) in [4.78, 5) is 27.1. The van der Waals surface area contributed by atoms with Crippen molar-refractivity contribution in [3.8, 4) is 5.75 Å². The van der Waals surface area contributed by atoms with E-state index in [-0.39, 0.29) is 23.9 Å². The summed E-state index contributed by atoms with van der Waals surface area (Å²) < 4.78 is 11.7. The first-order valence-electron chi connectivity index (χ1n) is 10.3. The number of amides is 1. The van der Waals surface area contributed by atoms with Gasteiger partial charge < -0.3 is 19.4 Å². The third-order valence-electron chi connectivity index (χ3n) is 6.69. The zero-order chi connectivity index (χ0) is 19.4. The van der Waals surface area contributed by atoms with E-state index < -0.39 is 6.10 Å². The van der Waals surface area contributed by atoms with E-state index in [1.54, 1.807) is 6.92 Å². The van der Waals surface area contributed by atoms with Gasteiger partial charge in [0.25, 0.3) is 5.91 Å². The fourth-order valence-electron chi connectivity index (χ4n) is 5.12. The molecule has 2 saturated heterocycles. The van der Waals surface area contributed by atoms with Crippen molar-refractivity contribution in [2.24, 2.45) is 11.8 Å². The Morgan fingerprint density at radius 2 is 1.90 bits per heavy atom. The highest BCUT2D eigenvalue weighted by molar-refractivity contribution is 5.87. The number of likely N-dealkylation sites (tertiary alicyclic amines) is 1. The lowest BCUT2D eigenvalue weighted by molar-refractivity contribution is -0.137. The summed E-state index contributed by atoms with van der Waals surface area (Å²) in [7, 11) is 0. The molecule has 1 aromatic heterocycles. The lowest BCUT2D eigenvalue weighted by Gasteiger charge is -2.23. The Balaban J connectivity index is 0.00000205. The summed E-state index contributed by atoms with van der Waals surface area (Å²) in [6.45, 7) is 7.31. The van der Waals surface area contributed by atoms with E-state index in [9.17, 15) is 9.59 Å². The van der Waals surface area contributed by atoms with Gasteiger partial charge in [0.05, 0.1) is 0 Å². The molecule has 29 heavy (non-hydrogen) atoms. The molecule has 3 atom stereocenters. The first-order chi connectivity index (χ1) is 13.5. The molecule has 2 fully saturated rings. The minimum Gasteiger partial charge on any atom is -0.480 e. The van der Waals surface area contributed by atoms with Crippen LogP contribution in [0.1, 0.15) is 30.0 Å². The third kappa shape index (κ3) is 3.32. The van der Waals surface area contributed by atoms with Crippen LogP contribution in [-0.2, 0) is 17.6 Å². The molecule has 1 aliphatic carbocycles. The number of aryl methyl sites for hydroxylation is 2. The number of ether oxygens (including phenoxy) is 1. The molecule has 3 aliphatic rings. The molecule has 1 aromatic carbocycles. The molecule has 7 heteroatoms. The Labute approximate surface area is 176 Å². The van der Waals surface area contributed by atoms with Gasteiger partial charge in [-0.3, -0.25) is 4.79 Å². The van der Waals surface area contributed by atoms with Crippen molar-refractivity contribution in [2.45, 2.75) is 39.2 Å². The molecule has 0 saturated carbocycles. The zero-order valence-electron chi connectivity index (χ0n) is 16.8. The Hall–Kier alpha value is -2.05. The van der Waals surface area contributed by atoms with Crippen molar-refractivity contribution < 1.29 is 13.9 Å². The molecule has 0 bridgehead atoms. The normalized spacial score (nSPS) is 23.6. The van der Waals surface area contributed by atoms with Gasteiger partial charge in [0, 0.05) is 42.7 Å². The highest BCUT2D eigenvalue weighted by atomic mass is 35.5. The number of rotatable bonds is 3. The van der Waals surface area contributed by atoms with Gasteiger partial charge in [-0.1, -0.05) is 0 Å². The SMILES string of the molecule is Cc1c(OC(C)C(=O)N2C[C@H]3CNC[C@H]3C2)ccc2c3c(c(=O)oc12)CCC3.Cl. The van der Waals surface area contributed by atoms with Crippen molar-refractivity contribution in [1.82, 2.24) is 10.2 Å². The Bertz CT molecular complexity index is 1010. The number of hydrogen-bond donors (Lipinski definition) is 1. The van der Waals surface area contributed by atoms with E-state index in [4.69, 9.17) is 9.15 Å². The summed E-state index contributed by atoms with van der Waals surface area (Å²) in [6, 6.07) is 3.87. The molecule has 2 aromatic rings. The predicted molar refractivity (Wildman–Crippen MR) is 113 cm³/mol. The smallest absolute Gasteiger partial charge is 0.339 e. The van der Waals surface area contributed by atoms with Gasteiger partial charge >= 0.3 is 5.63 Å². The number of hydrogen-bond acceptors (Lipinski definition) is 5. The highest BCUT2D eigenvalue weighted by Gasteiger charge is 2.39. The van der Waals surface area contributed by atoms with Gasteiger partial charge in [-0.15, -0.1) is 12.4 Å². The van der Waals surface area contributed by atoms with Crippen LogP contribution in [0.15, 0.2) is 21.3 Å². The molecule has 156 valence electrons. The van der Waals surface area contributed by atoms with Gasteiger partial charge in [-0.05, 0) is 62.6 Å². The van der Waals surface area contributed by atoms with E-state index in [2.05, 4.69) is 5.32 Å². The second-order valence-corrected chi connectivity index (χ2v) is 8.45. The van der Waals surface area contributed by atoms with Gasteiger partial charge in [0.15, 0.2) is 6.10 Å². The van der Waals surface area contributed by atoms with Crippen molar-refractivity contribution in [2.75, 3.05) is 26.2 Å². The highest BCUT2D eigenvalue weighted by Crippen LogP contribution is 2.34. The molecule has 6 nitrogen and oxygen atoms in total. The lowest BCUT2D eigenvalue weighted by Crippen LogP contribution is -2.40. The molecule has 1 amide bonds. The molecule has 2 aliphatic heterocycles.